The lowest BCUT2D eigenvalue weighted by molar-refractivity contribution is 0.122. The molecule has 0 unspecified atom stereocenters. The Kier molecular flexibility index (Phi) is 4.17. The first-order valence-corrected chi connectivity index (χ1v) is 10.4. The zero-order valence-corrected chi connectivity index (χ0v) is 15.4. The van der Waals surface area contributed by atoms with Gasteiger partial charge in [0.15, 0.2) is 17.3 Å². The Hall–Kier alpha value is -2.44. The first kappa shape index (κ1) is 17.0. The number of ether oxygens (including phenoxy) is 1. The van der Waals surface area contributed by atoms with Crippen molar-refractivity contribution in [3.63, 3.8) is 0 Å². The highest BCUT2D eigenvalue weighted by Crippen LogP contribution is 2.33. The molecule has 0 aromatic carbocycles. The third-order valence-electron chi connectivity index (χ3n) is 3.77. The summed E-state index contributed by atoms with van der Waals surface area (Å²) in [5, 5.41) is 0. The highest BCUT2D eigenvalue weighted by Gasteiger charge is 2.23. The Morgan fingerprint density at radius 3 is 2.50 bits per heavy atom. The summed E-state index contributed by atoms with van der Waals surface area (Å²) in [7, 11) is -3.44. The van der Waals surface area contributed by atoms with E-state index in [-0.39, 0.29) is 10.3 Å². The molecule has 0 atom stereocenters. The van der Waals surface area contributed by atoms with Gasteiger partial charge in [0.1, 0.15) is 4.70 Å². The smallest absolute Gasteiger partial charge is 0.219 e. The summed E-state index contributed by atoms with van der Waals surface area (Å²) in [5.74, 6) is 1.15. The predicted octanol–water partition coefficient (Wildman–Crippen LogP) is 0.366. The van der Waals surface area contributed by atoms with Crippen LogP contribution in [-0.4, -0.2) is 65.9 Å². The lowest BCUT2D eigenvalue weighted by atomic mass is 10.3. The van der Waals surface area contributed by atoms with Crippen LogP contribution in [0, 0.1) is 0 Å². The molecule has 1 fully saturated rings. The molecule has 3 aromatic rings. The summed E-state index contributed by atoms with van der Waals surface area (Å²) in [6, 6.07) is 0. The molecule has 0 bridgehead atoms. The largest absolute Gasteiger partial charge is 0.378 e. The minimum atomic E-state index is -3.44. The fraction of sp³-hybridized carbons (Fsp3) is 0.357. The number of nitrogens with two attached hydrogens (primary N) is 1. The molecule has 4 rings (SSSR count). The van der Waals surface area contributed by atoms with E-state index in [4.69, 9.17) is 10.5 Å². The zero-order valence-electron chi connectivity index (χ0n) is 13.8. The Balaban J connectivity index is 1.92. The van der Waals surface area contributed by atoms with Crippen LogP contribution < -0.4 is 10.6 Å². The van der Waals surface area contributed by atoms with Crippen molar-refractivity contribution < 1.29 is 13.2 Å². The van der Waals surface area contributed by atoms with E-state index in [0.29, 0.717) is 53.9 Å². The van der Waals surface area contributed by atoms with Gasteiger partial charge in [0, 0.05) is 31.7 Å². The Bertz CT molecular complexity index is 1060. The van der Waals surface area contributed by atoms with Gasteiger partial charge < -0.3 is 15.4 Å². The number of morpholine rings is 1. The predicted molar refractivity (Wildman–Crippen MR) is 96.8 cm³/mol. The van der Waals surface area contributed by atoms with Crippen LogP contribution in [0.15, 0.2) is 16.7 Å². The Labute approximate surface area is 153 Å². The van der Waals surface area contributed by atoms with Gasteiger partial charge in [0.25, 0.3) is 0 Å². The fourth-order valence-corrected chi connectivity index (χ4v) is 4.38. The van der Waals surface area contributed by atoms with E-state index in [9.17, 15) is 8.42 Å². The van der Waals surface area contributed by atoms with Gasteiger partial charge in [-0.05, 0) is 0 Å². The minimum Gasteiger partial charge on any atom is -0.378 e. The summed E-state index contributed by atoms with van der Waals surface area (Å²) in [6.07, 6.45) is 4.17. The molecule has 4 heterocycles. The van der Waals surface area contributed by atoms with Gasteiger partial charge in [0.2, 0.25) is 20.1 Å². The zero-order chi connectivity index (χ0) is 18.3. The molecule has 0 amide bonds. The van der Waals surface area contributed by atoms with E-state index >= 15 is 0 Å². The van der Waals surface area contributed by atoms with Crippen LogP contribution >= 0.6 is 11.3 Å². The molecule has 2 N–H and O–H groups in total. The first-order valence-electron chi connectivity index (χ1n) is 7.71. The van der Waals surface area contributed by atoms with Crippen molar-refractivity contribution in [2.45, 2.75) is 4.34 Å². The number of nitrogens with zero attached hydrogens (tertiary/aromatic N) is 6. The van der Waals surface area contributed by atoms with Gasteiger partial charge in [-0.1, -0.05) is 11.3 Å². The number of rotatable bonds is 3. The number of hydrogen-bond acceptors (Lipinski definition) is 11. The normalized spacial score (nSPS) is 15.5. The molecule has 0 saturated carbocycles. The maximum Gasteiger partial charge on any atom is 0.219 e. The lowest BCUT2D eigenvalue weighted by Crippen LogP contribution is -2.36. The van der Waals surface area contributed by atoms with Gasteiger partial charge >= 0.3 is 0 Å². The maximum atomic E-state index is 11.9. The van der Waals surface area contributed by atoms with Gasteiger partial charge in [0.05, 0.1) is 18.8 Å². The Morgan fingerprint density at radius 2 is 1.85 bits per heavy atom. The average Bonchev–Trinajstić information content (AvgIpc) is 3.07. The molecule has 0 radical (unpaired) electrons. The van der Waals surface area contributed by atoms with Gasteiger partial charge in [-0.25, -0.2) is 33.3 Å². The summed E-state index contributed by atoms with van der Waals surface area (Å²) in [4.78, 5) is 23.2. The number of anilines is 2. The number of fused-ring (bicyclic) bond motifs is 1. The Morgan fingerprint density at radius 1 is 1.15 bits per heavy atom. The van der Waals surface area contributed by atoms with Crippen LogP contribution in [0.2, 0.25) is 0 Å². The van der Waals surface area contributed by atoms with Crippen LogP contribution in [0.1, 0.15) is 0 Å². The van der Waals surface area contributed by atoms with Crippen molar-refractivity contribution >= 4 is 43.3 Å². The number of hydrogen-bond donors (Lipinski definition) is 1. The fourth-order valence-electron chi connectivity index (χ4n) is 2.52. The molecule has 136 valence electrons. The molecular formula is C14H15N7O3S2. The van der Waals surface area contributed by atoms with E-state index in [1.165, 1.54) is 12.4 Å². The standard InChI is InChI=1S/C14H15N7O3S2/c1-26(22,23)14-20-11-9(25-14)12(21-2-4-24-5-3-21)19-10(18-11)8-6-16-13(15)17-7-8/h6-7H,2-5H2,1H3,(H2,15,16,17). The van der Waals surface area contributed by atoms with Crippen molar-refractivity contribution in [2.75, 3.05) is 43.2 Å². The number of thiazole rings is 1. The average molecular weight is 393 g/mol. The summed E-state index contributed by atoms with van der Waals surface area (Å²) in [6.45, 7) is 2.44. The molecule has 26 heavy (non-hydrogen) atoms. The second-order valence-electron chi connectivity index (χ2n) is 5.70. The van der Waals surface area contributed by atoms with Crippen LogP contribution in [-0.2, 0) is 14.6 Å². The second-order valence-corrected chi connectivity index (χ2v) is 8.89. The molecule has 0 aliphatic carbocycles. The topological polar surface area (TPSA) is 137 Å². The van der Waals surface area contributed by atoms with Crippen molar-refractivity contribution in [2.24, 2.45) is 0 Å². The number of aromatic nitrogens is 5. The second kappa shape index (κ2) is 6.37. The molecular weight excluding hydrogens is 378 g/mol. The van der Waals surface area contributed by atoms with Crippen molar-refractivity contribution in [1.82, 2.24) is 24.9 Å². The molecule has 1 saturated heterocycles. The van der Waals surface area contributed by atoms with Crippen LogP contribution in [0.3, 0.4) is 0 Å². The molecule has 1 aliphatic heterocycles. The molecule has 3 aromatic heterocycles. The van der Waals surface area contributed by atoms with Gasteiger partial charge in [-0.15, -0.1) is 0 Å². The van der Waals surface area contributed by atoms with Crippen molar-refractivity contribution in [3.05, 3.63) is 12.4 Å². The van der Waals surface area contributed by atoms with E-state index in [1.54, 1.807) is 0 Å². The van der Waals surface area contributed by atoms with Crippen LogP contribution in [0.5, 0.6) is 0 Å². The van der Waals surface area contributed by atoms with Crippen LogP contribution in [0.4, 0.5) is 11.8 Å². The quantitative estimate of drug-likeness (QED) is 0.664. The molecule has 0 spiro atoms. The third-order valence-corrected chi connectivity index (χ3v) is 6.49. The van der Waals surface area contributed by atoms with Crippen molar-refractivity contribution in [1.29, 1.82) is 0 Å². The minimum absolute atomic E-state index is 0.0158. The lowest BCUT2D eigenvalue weighted by Gasteiger charge is -2.28. The monoisotopic (exact) mass is 393 g/mol. The highest BCUT2D eigenvalue weighted by molar-refractivity contribution is 7.92. The van der Waals surface area contributed by atoms with E-state index in [2.05, 4.69) is 24.9 Å². The number of sulfone groups is 1. The third kappa shape index (κ3) is 3.18. The van der Waals surface area contributed by atoms with Gasteiger partial charge in [-0.2, -0.15) is 0 Å². The van der Waals surface area contributed by atoms with Gasteiger partial charge in [-0.3, -0.25) is 0 Å². The summed E-state index contributed by atoms with van der Waals surface area (Å²) in [5.41, 5.74) is 6.44. The molecule has 1 aliphatic rings. The first-order chi connectivity index (χ1) is 12.4. The number of nitrogen functional groups attached to an aromatic ring is 1. The van der Waals surface area contributed by atoms with Crippen molar-refractivity contribution in [3.8, 4) is 11.4 Å². The van der Waals surface area contributed by atoms with E-state index in [0.717, 1.165) is 17.6 Å². The summed E-state index contributed by atoms with van der Waals surface area (Å²) >= 11 is 1.07. The van der Waals surface area contributed by atoms with Crippen LogP contribution in [0.25, 0.3) is 21.7 Å². The van der Waals surface area contributed by atoms with E-state index < -0.39 is 9.84 Å². The van der Waals surface area contributed by atoms with E-state index in [1.807, 2.05) is 4.90 Å². The molecule has 12 heteroatoms. The molecule has 10 nitrogen and oxygen atoms in total. The summed E-state index contributed by atoms with van der Waals surface area (Å²) < 4.78 is 29.9. The highest BCUT2D eigenvalue weighted by atomic mass is 32.2. The maximum absolute atomic E-state index is 11.9. The SMILES string of the molecule is CS(=O)(=O)c1nc2nc(-c3cnc(N)nc3)nc(N3CCOCC3)c2s1.